The maximum atomic E-state index is 12.8. The summed E-state index contributed by atoms with van der Waals surface area (Å²) in [6, 6.07) is 4.31. The number of unbranched alkanes of at least 4 members (excludes halogenated alkanes) is 1. The Morgan fingerprint density at radius 3 is 2.41 bits per heavy atom. The number of hydrogen-bond donors (Lipinski definition) is 6. The summed E-state index contributed by atoms with van der Waals surface area (Å²) in [5.74, 6) is 0.470. The zero-order chi connectivity index (χ0) is 28.6. The van der Waals surface area contributed by atoms with E-state index in [1.807, 2.05) is 5.32 Å². The van der Waals surface area contributed by atoms with Gasteiger partial charge in [0, 0.05) is 18.0 Å². The molecule has 1 aliphatic carbocycles. The zero-order valence-electron chi connectivity index (χ0n) is 21.0. The zero-order valence-corrected chi connectivity index (χ0v) is 21.8. The lowest BCUT2D eigenvalue weighted by Crippen LogP contribution is -2.28. The molecule has 4 rings (SSSR count). The lowest BCUT2D eigenvalue weighted by atomic mass is 10.2. The van der Waals surface area contributed by atoms with Gasteiger partial charge in [-0.1, -0.05) is 18.6 Å². The minimum Gasteiger partial charge on any atom is -0.465 e. The smallest absolute Gasteiger partial charge is 0.416 e. The molecular formula is C23H30F3N7O5S. The molecule has 12 nitrogen and oxygen atoms in total. The molecule has 1 aliphatic rings. The quantitative estimate of drug-likeness (QED) is 0.164. The second kappa shape index (κ2) is 13.7. The Morgan fingerprint density at radius 2 is 1.87 bits per heavy atom. The first kappa shape index (κ1) is 30.3. The van der Waals surface area contributed by atoms with Crippen molar-refractivity contribution in [2.45, 2.75) is 67.1 Å². The number of alkyl halides is 3. The molecule has 0 radical (unpaired) electrons. The second-order valence-electron chi connectivity index (χ2n) is 8.62. The first-order valence-corrected chi connectivity index (χ1v) is 13.0. The molecule has 2 heterocycles. The number of rotatable bonds is 9. The van der Waals surface area contributed by atoms with Gasteiger partial charge in [-0.15, -0.1) is 5.10 Å². The van der Waals surface area contributed by atoms with Crippen molar-refractivity contribution in [2.75, 3.05) is 25.0 Å². The van der Waals surface area contributed by atoms with E-state index in [4.69, 9.17) is 10.2 Å². The molecule has 0 spiro atoms. The molecule has 0 aliphatic heterocycles. The van der Waals surface area contributed by atoms with Crippen LogP contribution in [-0.4, -0.2) is 83.4 Å². The number of carboxylic acid groups (broad SMARTS) is 1. The number of aromatic nitrogens is 5. The number of aliphatic hydroxyl groups is 3. The van der Waals surface area contributed by atoms with Crippen molar-refractivity contribution >= 4 is 34.8 Å². The van der Waals surface area contributed by atoms with Crippen molar-refractivity contribution in [2.24, 2.45) is 0 Å². The normalized spacial score (nSPS) is 19.0. The summed E-state index contributed by atoms with van der Waals surface area (Å²) in [5.41, 5.74) is 0.106. The van der Waals surface area contributed by atoms with Crippen molar-refractivity contribution in [1.29, 1.82) is 0 Å². The van der Waals surface area contributed by atoms with Crippen molar-refractivity contribution < 1.29 is 38.4 Å². The molecule has 1 aromatic carbocycles. The molecule has 1 amide bonds. The van der Waals surface area contributed by atoms with Crippen LogP contribution in [0.1, 0.15) is 44.2 Å². The number of amides is 1. The van der Waals surface area contributed by atoms with Gasteiger partial charge in [0.25, 0.3) is 0 Å². The number of hydrogen-bond acceptors (Lipinski definition) is 10. The van der Waals surface area contributed by atoms with Crippen LogP contribution in [0.5, 0.6) is 0 Å². The van der Waals surface area contributed by atoms with Crippen molar-refractivity contribution in [1.82, 2.24) is 30.3 Å². The van der Waals surface area contributed by atoms with E-state index in [9.17, 15) is 28.2 Å². The Balaban J connectivity index is 0.000000532. The third kappa shape index (κ3) is 8.14. The van der Waals surface area contributed by atoms with Gasteiger partial charge in [-0.05, 0) is 55.3 Å². The summed E-state index contributed by atoms with van der Waals surface area (Å²) in [6.07, 6.45) is -4.49. The Kier molecular flexibility index (Phi) is 10.7. The van der Waals surface area contributed by atoms with E-state index in [-0.39, 0.29) is 13.2 Å². The first-order valence-electron chi connectivity index (χ1n) is 12.2. The fourth-order valence-corrected chi connectivity index (χ4v) is 4.52. The number of anilines is 1. The molecule has 0 bridgehead atoms. The molecule has 16 heteroatoms. The Morgan fingerprint density at radius 1 is 1.15 bits per heavy atom. The lowest BCUT2D eigenvalue weighted by molar-refractivity contribution is -0.137. The van der Waals surface area contributed by atoms with E-state index in [0.29, 0.717) is 46.4 Å². The average molecular weight is 574 g/mol. The summed E-state index contributed by atoms with van der Waals surface area (Å²) in [6.45, 7) is 2.68. The van der Waals surface area contributed by atoms with Crippen LogP contribution in [0.3, 0.4) is 0 Å². The number of nitrogens with one attached hydrogen (secondary N) is 2. The monoisotopic (exact) mass is 573 g/mol. The first-order chi connectivity index (χ1) is 18.5. The molecule has 0 unspecified atom stereocenters. The number of carbonyl (C=O) groups is 1. The van der Waals surface area contributed by atoms with Crippen LogP contribution < -0.4 is 10.6 Å². The highest BCUT2D eigenvalue weighted by molar-refractivity contribution is 7.99. The molecule has 39 heavy (non-hydrogen) atoms. The number of nitrogens with zero attached hydrogens (tertiary/aromatic N) is 5. The van der Waals surface area contributed by atoms with E-state index < -0.39 is 36.1 Å². The fourth-order valence-electron chi connectivity index (χ4n) is 3.77. The standard InChI is InChI=1S/C20H23F3N6O2S.C3H7NO3/c1-2-3-10-24-17-15-18(29(28-27-15)13-8-9-14(30)16(13)31)26-19(25-17)32-12-6-4-11(5-7-12)20(21,22)23;5-2-1-4-3(6)7/h4-7,13-14,16,30-31H,2-3,8-10H2,1H3,(H,24,25,26);4-5H,1-2H2,(H,6,7)/t13-,14-,16+;/m1./s1. The summed E-state index contributed by atoms with van der Waals surface area (Å²) in [7, 11) is 0. The van der Waals surface area contributed by atoms with Crippen LogP contribution in [0, 0.1) is 0 Å². The van der Waals surface area contributed by atoms with Gasteiger partial charge in [0.05, 0.1) is 24.3 Å². The molecule has 1 fully saturated rings. The Labute approximate surface area is 225 Å². The molecule has 3 aromatic rings. The van der Waals surface area contributed by atoms with Gasteiger partial charge in [0.2, 0.25) is 0 Å². The average Bonchev–Trinajstić information content (AvgIpc) is 3.45. The van der Waals surface area contributed by atoms with Gasteiger partial charge in [-0.2, -0.15) is 13.2 Å². The number of fused-ring (bicyclic) bond motifs is 1. The summed E-state index contributed by atoms with van der Waals surface area (Å²) in [5, 5.41) is 49.9. The van der Waals surface area contributed by atoms with Gasteiger partial charge >= 0.3 is 12.3 Å². The van der Waals surface area contributed by atoms with Crippen molar-refractivity contribution in [3.05, 3.63) is 29.8 Å². The van der Waals surface area contributed by atoms with Gasteiger partial charge in [0.1, 0.15) is 6.10 Å². The second-order valence-corrected chi connectivity index (χ2v) is 9.66. The van der Waals surface area contributed by atoms with Gasteiger partial charge in [0.15, 0.2) is 22.1 Å². The van der Waals surface area contributed by atoms with E-state index in [0.717, 1.165) is 36.7 Å². The summed E-state index contributed by atoms with van der Waals surface area (Å²) >= 11 is 1.12. The Hall–Kier alpha value is -3.21. The fraction of sp³-hybridized carbons (Fsp3) is 0.522. The minimum atomic E-state index is -4.40. The number of halogens is 3. The third-order valence-electron chi connectivity index (χ3n) is 5.77. The van der Waals surface area contributed by atoms with Crippen LogP contribution in [0.25, 0.3) is 11.2 Å². The van der Waals surface area contributed by atoms with Crippen LogP contribution in [0.15, 0.2) is 34.3 Å². The van der Waals surface area contributed by atoms with Crippen LogP contribution in [0.2, 0.25) is 0 Å². The maximum Gasteiger partial charge on any atom is 0.416 e. The summed E-state index contributed by atoms with van der Waals surface area (Å²) < 4.78 is 40.0. The molecular weight excluding hydrogens is 543 g/mol. The molecule has 3 atom stereocenters. The molecule has 2 aromatic heterocycles. The van der Waals surface area contributed by atoms with Crippen LogP contribution in [0.4, 0.5) is 23.8 Å². The number of aliphatic hydroxyl groups excluding tert-OH is 3. The summed E-state index contributed by atoms with van der Waals surface area (Å²) in [4.78, 5) is 19.1. The van der Waals surface area contributed by atoms with Gasteiger partial charge < -0.3 is 31.1 Å². The highest BCUT2D eigenvalue weighted by atomic mass is 32.2. The van der Waals surface area contributed by atoms with Gasteiger partial charge in [-0.25, -0.2) is 19.4 Å². The number of benzene rings is 1. The minimum absolute atomic E-state index is 0.106. The largest absolute Gasteiger partial charge is 0.465 e. The predicted octanol–water partition coefficient (Wildman–Crippen LogP) is 2.91. The highest BCUT2D eigenvalue weighted by Crippen LogP contribution is 2.35. The van der Waals surface area contributed by atoms with Crippen molar-refractivity contribution in [3.63, 3.8) is 0 Å². The SMILES string of the molecule is CCCCNc1nc(Sc2ccc(C(F)(F)F)cc2)nc2c1nnn2[C@@H]1CC[C@@H](O)[C@H]1O.O=C(O)NCCO. The topological polar surface area (TPSA) is 179 Å². The van der Waals surface area contributed by atoms with Crippen molar-refractivity contribution in [3.8, 4) is 0 Å². The Bertz CT molecular complexity index is 1230. The van der Waals surface area contributed by atoms with Gasteiger partial charge in [-0.3, -0.25) is 0 Å². The van der Waals surface area contributed by atoms with E-state index in [1.165, 1.54) is 16.8 Å². The molecule has 6 N–H and O–H groups in total. The van der Waals surface area contributed by atoms with Crippen LogP contribution >= 0.6 is 11.8 Å². The molecule has 0 saturated heterocycles. The predicted molar refractivity (Wildman–Crippen MR) is 135 cm³/mol. The maximum absolute atomic E-state index is 12.8. The third-order valence-corrected chi connectivity index (χ3v) is 6.64. The highest BCUT2D eigenvalue weighted by Gasteiger charge is 2.37. The van der Waals surface area contributed by atoms with E-state index in [1.54, 1.807) is 0 Å². The molecule has 214 valence electrons. The van der Waals surface area contributed by atoms with E-state index in [2.05, 4.69) is 32.5 Å². The van der Waals surface area contributed by atoms with E-state index >= 15 is 0 Å². The molecule has 1 saturated carbocycles. The lowest BCUT2D eigenvalue weighted by Gasteiger charge is -2.16. The van der Waals surface area contributed by atoms with Crippen LogP contribution in [-0.2, 0) is 6.18 Å².